The number of carbonyl (C=O) groups excluding carboxylic acids is 1. The van der Waals surface area contributed by atoms with E-state index in [2.05, 4.69) is 36.6 Å². The summed E-state index contributed by atoms with van der Waals surface area (Å²) in [5, 5.41) is 27.6. The Kier molecular flexibility index (Phi) is 6.54. The smallest absolute Gasteiger partial charge is 0.411 e. The topological polar surface area (TPSA) is 131 Å². The van der Waals surface area contributed by atoms with Crippen LogP contribution in [0.5, 0.6) is 5.75 Å². The molecule has 1 amide bonds. The lowest BCUT2D eigenvalue weighted by molar-refractivity contribution is 0.130. The van der Waals surface area contributed by atoms with Gasteiger partial charge in [0, 0.05) is 30.1 Å². The van der Waals surface area contributed by atoms with E-state index in [1.54, 1.807) is 13.8 Å². The van der Waals surface area contributed by atoms with Gasteiger partial charge in [-0.3, -0.25) is 5.32 Å². The van der Waals surface area contributed by atoms with Crippen LogP contribution in [-0.2, 0) is 17.7 Å². The third-order valence-corrected chi connectivity index (χ3v) is 6.02. The first-order valence-corrected chi connectivity index (χ1v) is 12.0. The number of ether oxygens (including phenoxy) is 2. The van der Waals surface area contributed by atoms with E-state index in [1.165, 1.54) is 12.8 Å². The van der Waals surface area contributed by atoms with Gasteiger partial charge < -0.3 is 14.0 Å². The molecule has 0 aliphatic heterocycles. The van der Waals surface area contributed by atoms with E-state index in [9.17, 15) is 10.1 Å². The summed E-state index contributed by atoms with van der Waals surface area (Å²) < 4.78 is 13.3. The first-order valence-electron chi connectivity index (χ1n) is 12.0. The minimum Gasteiger partial charge on any atom is -0.493 e. The number of nitrogens with zero attached hydrogens (tertiary/aromatic N) is 5. The van der Waals surface area contributed by atoms with Gasteiger partial charge in [0.1, 0.15) is 11.8 Å². The number of fused-ring (bicyclic) bond motifs is 1. The molecule has 0 radical (unpaired) electrons. The summed E-state index contributed by atoms with van der Waals surface area (Å²) >= 11 is 0. The predicted molar refractivity (Wildman–Crippen MR) is 133 cm³/mol. The number of nitrogens with one attached hydrogen (secondary N) is 2. The van der Waals surface area contributed by atoms with Crippen LogP contribution in [0, 0.1) is 17.2 Å². The van der Waals surface area contributed by atoms with E-state index in [0.29, 0.717) is 36.0 Å². The Labute approximate surface area is 208 Å². The fourth-order valence-electron chi connectivity index (χ4n) is 4.20. The first-order chi connectivity index (χ1) is 17.5. The molecule has 184 valence electrons. The zero-order valence-electron chi connectivity index (χ0n) is 20.2. The van der Waals surface area contributed by atoms with Crippen LogP contribution in [0.4, 0.5) is 10.5 Å². The molecule has 0 spiro atoms. The number of hydrogen-bond donors (Lipinski definition) is 2. The second kappa shape index (κ2) is 10.1. The summed E-state index contributed by atoms with van der Waals surface area (Å²) in [5.41, 5.74) is 4.01. The molecule has 2 aromatic carbocycles. The largest absolute Gasteiger partial charge is 0.493 e. The molecule has 36 heavy (non-hydrogen) atoms. The van der Waals surface area contributed by atoms with Gasteiger partial charge in [-0.05, 0) is 62.4 Å². The highest BCUT2D eigenvalue weighted by Gasteiger charge is 2.26. The third kappa shape index (κ3) is 5.15. The normalized spacial score (nSPS) is 13.1. The van der Waals surface area contributed by atoms with Gasteiger partial charge in [0.2, 0.25) is 0 Å². The van der Waals surface area contributed by atoms with Crippen LogP contribution in [0.15, 0.2) is 42.5 Å². The highest BCUT2D eigenvalue weighted by molar-refractivity contribution is 5.95. The quantitative estimate of drug-likeness (QED) is 0.352. The van der Waals surface area contributed by atoms with Gasteiger partial charge in [0.15, 0.2) is 5.82 Å². The number of carbonyl (C=O) groups is 1. The molecule has 0 atom stereocenters. The van der Waals surface area contributed by atoms with Gasteiger partial charge in [-0.15, -0.1) is 10.2 Å². The second-order valence-electron chi connectivity index (χ2n) is 9.15. The molecule has 2 N–H and O–H groups in total. The Morgan fingerprint density at radius 1 is 1.25 bits per heavy atom. The Hall–Kier alpha value is -4.39. The maximum Gasteiger partial charge on any atom is 0.411 e. The summed E-state index contributed by atoms with van der Waals surface area (Å²) in [6.07, 6.45) is 2.21. The number of aromatic amines is 1. The Balaban J connectivity index is 1.45. The van der Waals surface area contributed by atoms with E-state index in [0.717, 1.165) is 34.5 Å². The summed E-state index contributed by atoms with van der Waals surface area (Å²) in [6, 6.07) is 15.7. The fraction of sp³-hybridized carbons (Fsp3) is 0.346. The van der Waals surface area contributed by atoms with Gasteiger partial charge in [-0.2, -0.15) is 10.5 Å². The molecule has 0 bridgehead atoms. The van der Waals surface area contributed by atoms with Gasteiger partial charge in [-0.25, -0.2) is 4.79 Å². The second-order valence-corrected chi connectivity index (χ2v) is 9.15. The molecule has 2 heterocycles. The number of aromatic nitrogens is 5. The Morgan fingerprint density at radius 3 is 2.72 bits per heavy atom. The molecule has 10 heteroatoms. The van der Waals surface area contributed by atoms with Crippen LogP contribution < -0.4 is 10.1 Å². The van der Waals surface area contributed by atoms with E-state index in [-0.39, 0.29) is 6.10 Å². The zero-order chi connectivity index (χ0) is 25.1. The number of anilines is 1. The molecule has 1 aliphatic carbocycles. The highest BCUT2D eigenvalue weighted by atomic mass is 16.6. The van der Waals surface area contributed by atoms with Crippen molar-refractivity contribution in [2.75, 3.05) is 11.9 Å². The van der Waals surface area contributed by atoms with Crippen molar-refractivity contribution in [3.05, 3.63) is 53.9 Å². The number of nitriles is 1. The molecule has 10 nitrogen and oxygen atoms in total. The number of hydrogen-bond acceptors (Lipinski definition) is 7. The van der Waals surface area contributed by atoms with Crippen LogP contribution in [-0.4, -0.2) is 44.0 Å². The summed E-state index contributed by atoms with van der Waals surface area (Å²) in [4.78, 5) is 11.9. The molecule has 4 aromatic rings. The van der Waals surface area contributed by atoms with Crippen LogP contribution in [0.3, 0.4) is 0 Å². The average Bonchev–Trinajstić information content (AvgIpc) is 3.42. The molecule has 2 aromatic heterocycles. The number of rotatable bonds is 9. The standard InChI is InChI=1S/C26H27N7O3/c1-16(2)36-26(34)28-19-7-5-18(6-8-19)25-22(14-27)21-10-9-20(35-12-11-24-29-31-32-30-24)13-23(21)33(25)15-17-3-4-17/h5-10,13,16-17H,3-4,11-12,15H2,1-2H3,(H,28,34)(H,29,30,31,32). The average molecular weight is 486 g/mol. The van der Waals surface area contributed by atoms with Gasteiger partial charge in [0.05, 0.1) is 29.5 Å². The molecule has 0 unspecified atom stereocenters. The third-order valence-electron chi connectivity index (χ3n) is 6.02. The number of tetrazole rings is 1. The van der Waals surface area contributed by atoms with Gasteiger partial charge >= 0.3 is 6.09 Å². The van der Waals surface area contributed by atoms with Crippen LogP contribution in [0.2, 0.25) is 0 Å². The van der Waals surface area contributed by atoms with Crippen LogP contribution >= 0.6 is 0 Å². The summed E-state index contributed by atoms with van der Waals surface area (Å²) in [6.45, 7) is 4.85. The Morgan fingerprint density at radius 2 is 2.06 bits per heavy atom. The molecule has 1 fully saturated rings. The molecule has 0 saturated heterocycles. The zero-order valence-corrected chi connectivity index (χ0v) is 20.2. The summed E-state index contributed by atoms with van der Waals surface area (Å²) in [7, 11) is 0. The molecular formula is C26H27N7O3. The van der Waals surface area contributed by atoms with Crippen molar-refractivity contribution < 1.29 is 14.3 Å². The fourth-order valence-corrected chi connectivity index (χ4v) is 4.20. The van der Waals surface area contributed by atoms with Gasteiger partial charge in [0.25, 0.3) is 0 Å². The van der Waals surface area contributed by atoms with Gasteiger partial charge in [-0.1, -0.05) is 17.3 Å². The lowest BCUT2D eigenvalue weighted by Crippen LogP contribution is -2.17. The van der Waals surface area contributed by atoms with Crippen LogP contribution in [0.25, 0.3) is 22.2 Å². The lowest BCUT2D eigenvalue weighted by atomic mass is 10.1. The van der Waals surface area contributed by atoms with Crippen molar-refractivity contribution in [3.63, 3.8) is 0 Å². The van der Waals surface area contributed by atoms with E-state index >= 15 is 0 Å². The number of amides is 1. The molecule has 5 rings (SSSR count). The van der Waals surface area contributed by atoms with Crippen LogP contribution in [0.1, 0.15) is 38.1 Å². The summed E-state index contributed by atoms with van der Waals surface area (Å²) in [5.74, 6) is 1.91. The predicted octanol–water partition coefficient (Wildman–Crippen LogP) is 4.68. The lowest BCUT2D eigenvalue weighted by Gasteiger charge is -2.13. The van der Waals surface area contributed by atoms with Crippen molar-refractivity contribution in [2.45, 2.75) is 45.8 Å². The minimum atomic E-state index is -0.495. The number of benzene rings is 2. The molecule has 1 saturated carbocycles. The maximum absolute atomic E-state index is 11.9. The van der Waals surface area contributed by atoms with E-state index < -0.39 is 6.09 Å². The minimum absolute atomic E-state index is 0.201. The van der Waals surface area contributed by atoms with Crippen molar-refractivity contribution >= 4 is 22.7 Å². The van der Waals surface area contributed by atoms with Crippen molar-refractivity contribution in [3.8, 4) is 23.1 Å². The van der Waals surface area contributed by atoms with E-state index in [1.807, 2.05) is 42.5 Å². The maximum atomic E-state index is 11.9. The monoisotopic (exact) mass is 485 g/mol. The van der Waals surface area contributed by atoms with E-state index in [4.69, 9.17) is 9.47 Å². The highest BCUT2D eigenvalue weighted by Crippen LogP contribution is 2.39. The molecule has 1 aliphatic rings. The van der Waals surface area contributed by atoms with Crippen molar-refractivity contribution in [1.82, 2.24) is 25.2 Å². The Bertz CT molecular complexity index is 1400. The molecular weight excluding hydrogens is 458 g/mol. The number of H-pyrrole nitrogens is 1. The first kappa shape index (κ1) is 23.4. The van der Waals surface area contributed by atoms with Crippen molar-refractivity contribution in [1.29, 1.82) is 5.26 Å². The van der Waals surface area contributed by atoms with Crippen molar-refractivity contribution in [2.24, 2.45) is 5.92 Å². The SMILES string of the molecule is CC(C)OC(=O)Nc1ccc(-c2c(C#N)c3ccc(OCCc4nn[nH]n4)cc3n2CC2CC2)cc1.